The average Bonchev–Trinajstić information content (AvgIpc) is 2.16. The van der Waals surface area contributed by atoms with Crippen LogP contribution >= 0.6 is 0 Å². The lowest BCUT2D eigenvalue weighted by Crippen LogP contribution is -2.33. The highest BCUT2D eigenvalue weighted by atomic mass is 16.4. The number of nitrogens with zero attached hydrogens (tertiary/aromatic N) is 2. The van der Waals surface area contributed by atoms with Crippen LogP contribution in [0.5, 0.6) is 0 Å². The van der Waals surface area contributed by atoms with E-state index in [1.54, 1.807) is 0 Å². The van der Waals surface area contributed by atoms with E-state index in [1.165, 1.54) is 0 Å². The molecule has 0 spiro atoms. The normalized spacial score (nSPS) is 12.5. The fourth-order valence-corrected chi connectivity index (χ4v) is 1.26. The summed E-state index contributed by atoms with van der Waals surface area (Å²) < 4.78 is 0. The number of rotatable bonds is 4. The highest BCUT2D eigenvalue weighted by Crippen LogP contribution is 2.03. The van der Waals surface area contributed by atoms with Crippen molar-refractivity contribution in [1.29, 1.82) is 0 Å². The maximum atomic E-state index is 10.6. The zero-order valence-electron chi connectivity index (χ0n) is 8.90. The molecule has 0 aliphatic carbocycles. The third-order valence-electron chi connectivity index (χ3n) is 2.04. The molecule has 1 rings (SSSR count). The molecule has 5 heteroatoms. The minimum Gasteiger partial charge on any atom is -0.480 e. The molecule has 1 atom stereocenters. The van der Waals surface area contributed by atoms with Gasteiger partial charge in [0, 0.05) is 17.8 Å². The zero-order chi connectivity index (χ0) is 11.4. The standard InChI is InChI=1S/C10H15N3O2/c1-3-7-4-6(2)12-9(13-7)5-8(11)10(14)15/h4,8H,3,5,11H2,1-2H3,(H,14,15). The number of hydrogen-bond donors (Lipinski definition) is 2. The van der Waals surface area contributed by atoms with Crippen molar-refractivity contribution in [2.45, 2.75) is 32.7 Å². The first-order valence-corrected chi connectivity index (χ1v) is 4.84. The molecule has 0 radical (unpaired) electrons. The molecule has 0 fully saturated rings. The summed E-state index contributed by atoms with van der Waals surface area (Å²) >= 11 is 0. The maximum absolute atomic E-state index is 10.6. The van der Waals surface area contributed by atoms with Gasteiger partial charge in [0.2, 0.25) is 0 Å². The van der Waals surface area contributed by atoms with Crippen LogP contribution in [0.2, 0.25) is 0 Å². The van der Waals surface area contributed by atoms with Gasteiger partial charge in [-0.1, -0.05) is 6.92 Å². The van der Waals surface area contributed by atoms with E-state index in [-0.39, 0.29) is 6.42 Å². The van der Waals surface area contributed by atoms with Crippen LogP contribution in [-0.2, 0) is 17.6 Å². The van der Waals surface area contributed by atoms with E-state index in [2.05, 4.69) is 9.97 Å². The predicted molar refractivity (Wildman–Crippen MR) is 55.5 cm³/mol. The minimum absolute atomic E-state index is 0.171. The van der Waals surface area contributed by atoms with Gasteiger partial charge >= 0.3 is 5.97 Å². The van der Waals surface area contributed by atoms with Gasteiger partial charge in [0.15, 0.2) is 0 Å². The lowest BCUT2D eigenvalue weighted by atomic mass is 10.2. The summed E-state index contributed by atoms with van der Waals surface area (Å²) in [4.78, 5) is 18.9. The first-order chi connectivity index (χ1) is 7.02. The Bertz CT molecular complexity index is 366. The van der Waals surface area contributed by atoms with Crippen LogP contribution in [0.25, 0.3) is 0 Å². The van der Waals surface area contributed by atoms with E-state index in [0.29, 0.717) is 5.82 Å². The van der Waals surface area contributed by atoms with E-state index < -0.39 is 12.0 Å². The second-order valence-electron chi connectivity index (χ2n) is 3.42. The van der Waals surface area contributed by atoms with Gasteiger partial charge in [-0.3, -0.25) is 4.79 Å². The molecule has 0 aliphatic heterocycles. The summed E-state index contributed by atoms with van der Waals surface area (Å²) in [5.41, 5.74) is 7.16. The Labute approximate surface area is 88.4 Å². The number of carboxylic acid groups (broad SMARTS) is 1. The van der Waals surface area contributed by atoms with Gasteiger partial charge in [0.05, 0.1) is 0 Å². The van der Waals surface area contributed by atoms with E-state index in [9.17, 15) is 4.79 Å². The predicted octanol–water partition coefficient (Wildman–Crippen LogP) is 0.302. The van der Waals surface area contributed by atoms with Crippen molar-refractivity contribution in [2.75, 3.05) is 0 Å². The molecule has 0 bridgehead atoms. The van der Waals surface area contributed by atoms with Crippen LogP contribution in [0.15, 0.2) is 6.07 Å². The van der Waals surface area contributed by atoms with E-state index in [4.69, 9.17) is 10.8 Å². The summed E-state index contributed by atoms with van der Waals surface area (Å²) in [6.07, 6.45) is 0.975. The summed E-state index contributed by atoms with van der Waals surface area (Å²) in [5.74, 6) is -0.528. The number of aromatic nitrogens is 2. The quantitative estimate of drug-likeness (QED) is 0.744. The van der Waals surface area contributed by atoms with Gasteiger partial charge in [-0.25, -0.2) is 9.97 Å². The summed E-state index contributed by atoms with van der Waals surface area (Å²) in [5, 5.41) is 8.66. The molecule has 1 aromatic heterocycles. The number of carbonyl (C=O) groups is 1. The zero-order valence-corrected chi connectivity index (χ0v) is 8.90. The number of nitrogens with two attached hydrogens (primary N) is 1. The lowest BCUT2D eigenvalue weighted by molar-refractivity contribution is -0.138. The van der Waals surface area contributed by atoms with Gasteiger partial charge in [-0.05, 0) is 19.4 Å². The molecule has 0 saturated heterocycles. The van der Waals surface area contributed by atoms with Crippen LogP contribution in [0.3, 0.4) is 0 Å². The van der Waals surface area contributed by atoms with Crippen molar-refractivity contribution in [3.63, 3.8) is 0 Å². The fraction of sp³-hybridized carbons (Fsp3) is 0.500. The Kier molecular flexibility index (Phi) is 3.74. The van der Waals surface area contributed by atoms with Crippen molar-refractivity contribution in [1.82, 2.24) is 9.97 Å². The number of carboxylic acids is 1. The van der Waals surface area contributed by atoms with E-state index in [0.717, 1.165) is 17.8 Å². The van der Waals surface area contributed by atoms with Crippen LogP contribution in [0, 0.1) is 6.92 Å². The first-order valence-electron chi connectivity index (χ1n) is 4.84. The van der Waals surface area contributed by atoms with Crippen molar-refractivity contribution < 1.29 is 9.90 Å². The third kappa shape index (κ3) is 3.28. The molecule has 1 unspecified atom stereocenters. The summed E-state index contributed by atoms with van der Waals surface area (Å²) in [6, 6.07) is 0.951. The third-order valence-corrected chi connectivity index (χ3v) is 2.04. The molecule has 1 heterocycles. The van der Waals surface area contributed by atoms with E-state index in [1.807, 2.05) is 19.9 Å². The Morgan fingerprint density at radius 2 is 2.27 bits per heavy atom. The van der Waals surface area contributed by atoms with Crippen LogP contribution in [0.4, 0.5) is 0 Å². The smallest absolute Gasteiger partial charge is 0.320 e. The lowest BCUT2D eigenvalue weighted by Gasteiger charge is -2.07. The molecule has 82 valence electrons. The van der Waals surface area contributed by atoms with Gasteiger partial charge in [0.25, 0.3) is 0 Å². The minimum atomic E-state index is -1.03. The highest BCUT2D eigenvalue weighted by Gasteiger charge is 2.14. The van der Waals surface area contributed by atoms with E-state index >= 15 is 0 Å². The van der Waals surface area contributed by atoms with Gasteiger partial charge in [0.1, 0.15) is 11.9 Å². The molecule has 15 heavy (non-hydrogen) atoms. The Hall–Kier alpha value is -1.49. The SMILES string of the molecule is CCc1cc(C)nc(CC(N)C(=O)O)n1. The molecule has 0 amide bonds. The van der Waals surface area contributed by atoms with Crippen LogP contribution in [0.1, 0.15) is 24.1 Å². The van der Waals surface area contributed by atoms with Gasteiger partial charge in [-0.15, -0.1) is 0 Å². The highest BCUT2D eigenvalue weighted by molar-refractivity contribution is 5.73. The largest absolute Gasteiger partial charge is 0.480 e. The van der Waals surface area contributed by atoms with Crippen molar-refractivity contribution >= 4 is 5.97 Å². The van der Waals surface area contributed by atoms with Crippen molar-refractivity contribution in [3.8, 4) is 0 Å². The number of aryl methyl sites for hydroxylation is 2. The van der Waals surface area contributed by atoms with Gasteiger partial charge < -0.3 is 10.8 Å². The first kappa shape index (κ1) is 11.6. The molecule has 5 nitrogen and oxygen atoms in total. The number of hydrogen-bond acceptors (Lipinski definition) is 4. The summed E-state index contributed by atoms with van der Waals surface area (Å²) in [6.45, 7) is 3.85. The Morgan fingerprint density at radius 1 is 1.60 bits per heavy atom. The summed E-state index contributed by atoms with van der Waals surface area (Å²) in [7, 11) is 0. The number of aliphatic carboxylic acids is 1. The van der Waals surface area contributed by atoms with Crippen LogP contribution < -0.4 is 5.73 Å². The topological polar surface area (TPSA) is 89.1 Å². The van der Waals surface area contributed by atoms with Crippen LogP contribution in [-0.4, -0.2) is 27.1 Å². The van der Waals surface area contributed by atoms with Crippen molar-refractivity contribution in [3.05, 3.63) is 23.3 Å². The molecule has 0 saturated carbocycles. The second-order valence-corrected chi connectivity index (χ2v) is 3.42. The van der Waals surface area contributed by atoms with Gasteiger partial charge in [-0.2, -0.15) is 0 Å². The molecule has 3 N–H and O–H groups in total. The van der Waals surface area contributed by atoms with Crippen molar-refractivity contribution in [2.24, 2.45) is 5.73 Å². The maximum Gasteiger partial charge on any atom is 0.320 e. The molecule has 0 aliphatic rings. The molecule has 1 aromatic rings. The molecular weight excluding hydrogens is 194 g/mol. The molecule has 0 aromatic carbocycles. The fourth-order valence-electron chi connectivity index (χ4n) is 1.26. The molecular formula is C10H15N3O2. The average molecular weight is 209 g/mol. The monoisotopic (exact) mass is 209 g/mol. The second kappa shape index (κ2) is 4.84. The Morgan fingerprint density at radius 3 is 2.80 bits per heavy atom. The Balaban J connectivity index is 2.85.